The van der Waals surface area contributed by atoms with E-state index in [0.29, 0.717) is 24.3 Å². The molecular weight excluding hydrogens is 460 g/mol. The van der Waals surface area contributed by atoms with Crippen molar-refractivity contribution >= 4 is 29.4 Å². The molecule has 0 bridgehead atoms. The van der Waals surface area contributed by atoms with Gasteiger partial charge in [-0.15, -0.1) is 0 Å². The van der Waals surface area contributed by atoms with Crippen LogP contribution in [0.15, 0.2) is 54.6 Å². The van der Waals surface area contributed by atoms with Crippen LogP contribution in [-0.4, -0.2) is 60.9 Å². The summed E-state index contributed by atoms with van der Waals surface area (Å²) in [6.45, 7) is -0.433. The van der Waals surface area contributed by atoms with Gasteiger partial charge in [-0.05, 0) is 42.7 Å². The normalized spacial score (nSPS) is 17.4. The predicted molar refractivity (Wildman–Crippen MR) is 135 cm³/mol. The van der Waals surface area contributed by atoms with Crippen molar-refractivity contribution in [1.82, 2.24) is 15.5 Å². The van der Waals surface area contributed by atoms with Crippen molar-refractivity contribution in [2.45, 2.75) is 50.1 Å². The molecule has 1 aliphatic carbocycles. The number of rotatable bonds is 8. The number of carbonyl (C=O) groups is 4. The third-order valence-corrected chi connectivity index (χ3v) is 6.96. The van der Waals surface area contributed by atoms with Gasteiger partial charge in [0.1, 0.15) is 23.9 Å². The Kier molecular flexibility index (Phi) is 7.57. The van der Waals surface area contributed by atoms with E-state index in [2.05, 4.69) is 10.6 Å². The highest BCUT2D eigenvalue weighted by atomic mass is 16.5. The highest BCUT2D eigenvalue weighted by Crippen LogP contribution is 2.33. The number of imide groups is 1. The summed E-state index contributed by atoms with van der Waals surface area (Å²) in [4.78, 5) is 54.6. The molecule has 1 heterocycles. The molecule has 2 aliphatic rings. The second kappa shape index (κ2) is 10.8. The maximum absolute atomic E-state index is 13.5. The van der Waals surface area contributed by atoms with E-state index >= 15 is 0 Å². The Morgan fingerprint density at radius 1 is 1.06 bits per heavy atom. The number of hydrogen-bond acceptors (Lipinski definition) is 5. The highest BCUT2D eigenvalue weighted by Gasteiger charge is 2.51. The first-order chi connectivity index (χ1) is 17.3. The molecule has 2 aromatic carbocycles. The Hall–Kier alpha value is -3.88. The number of amides is 5. The van der Waals surface area contributed by atoms with Gasteiger partial charge >= 0.3 is 6.03 Å². The maximum atomic E-state index is 13.5. The Balaban J connectivity index is 1.48. The smallest absolute Gasteiger partial charge is 0.325 e. The predicted octanol–water partition coefficient (Wildman–Crippen LogP) is 2.64. The molecule has 190 valence electrons. The fourth-order valence-corrected chi connectivity index (χ4v) is 4.91. The number of nitrogens with zero attached hydrogens (tertiary/aromatic N) is 2. The summed E-state index contributed by atoms with van der Waals surface area (Å²) in [5.74, 6) is -0.580. The SMILES string of the molecule is COc1ccc(N(C)C(=O)C(Cc2ccccc2)NC(=O)CN2C(=O)NC3(CCCCC3)C2=O)cc1. The molecule has 36 heavy (non-hydrogen) atoms. The minimum Gasteiger partial charge on any atom is -0.497 e. The van der Waals surface area contributed by atoms with Gasteiger partial charge in [0.2, 0.25) is 11.8 Å². The minimum atomic E-state index is -0.899. The number of hydrogen-bond donors (Lipinski definition) is 2. The number of benzene rings is 2. The van der Waals surface area contributed by atoms with E-state index in [1.807, 2.05) is 30.3 Å². The Labute approximate surface area is 210 Å². The van der Waals surface area contributed by atoms with Gasteiger partial charge in [-0.3, -0.25) is 19.3 Å². The molecule has 4 rings (SSSR count). The zero-order chi connectivity index (χ0) is 25.7. The molecule has 1 unspecified atom stereocenters. The third-order valence-electron chi connectivity index (χ3n) is 6.96. The van der Waals surface area contributed by atoms with Gasteiger partial charge in [-0.25, -0.2) is 4.79 Å². The monoisotopic (exact) mass is 492 g/mol. The molecule has 0 aromatic heterocycles. The van der Waals surface area contributed by atoms with E-state index in [1.54, 1.807) is 38.4 Å². The number of anilines is 1. The maximum Gasteiger partial charge on any atom is 0.325 e. The number of likely N-dealkylation sites (N-methyl/N-ethyl adjacent to an activating group) is 1. The highest BCUT2D eigenvalue weighted by molar-refractivity contribution is 6.09. The van der Waals surface area contributed by atoms with E-state index in [4.69, 9.17) is 4.74 Å². The lowest BCUT2D eigenvalue weighted by Gasteiger charge is -2.30. The molecule has 0 radical (unpaired) electrons. The zero-order valence-electron chi connectivity index (χ0n) is 20.7. The summed E-state index contributed by atoms with van der Waals surface area (Å²) in [5.41, 5.74) is 0.612. The molecule has 1 aliphatic heterocycles. The van der Waals surface area contributed by atoms with Crippen LogP contribution in [0.3, 0.4) is 0 Å². The van der Waals surface area contributed by atoms with Crippen LogP contribution in [-0.2, 0) is 20.8 Å². The summed E-state index contributed by atoms with van der Waals surface area (Å²) in [6, 6.07) is 14.9. The van der Waals surface area contributed by atoms with E-state index in [1.165, 1.54) is 4.90 Å². The second-order valence-corrected chi connectivity index (χ2v) is 9.37. The van der Waals surface area contributed by atoms with E-state index in [-0.39, 0.29) is 18.2 Å². The first kappa shape index (κ1) is 25.2. The molecule has 9 heteroatoms. The molecule has 2 N–H and O–H groups in total. The Morgan fingerprint density at radius 2 is 1.72 bits per heavy atom. The molecule has 9 nitrogen and oxygen atoms in total. The molecule has 2 fully saturated rings. The van der Waals surface area contributed by atoms with Crippen LogP contribution in [0.5, 0.6) is 5.75 Å². The molecule has 1 saturated heterocycles. The van der Waals surface area contributed by atoms with Gasteiger partial charge in [0.25, 0.3) is 5.91 Å². The lowest BCUT2D eigenvalue weighted by molar-refractivity contribution is -0.136. The summed E-state index contributed by atoms with van der Waals surface area (Å²) >= 11 is 0. The third kappa shape index (κ3) is 5.35. The van der Waals surface area contributed by atoms with Gasteiger partial charge < -0.3 is 20.3 Å². The lowest BCUT2D eigenvalue weighted by atomic mass is 9.82. The van der Waals surface area contributed by atoms with Gasteiger partial charge in [0.05, 0.1) is 7.11 Å². The second-order valence-electron chi connectivity index (χ2n) is 9.37. The van der Waals surface area contributed by atoms with Crippen molar-refractivity contribution in [3.05, 3.63) is 60.2 Å². The van der Waals surface area contributed by atoms with Gasteiger partial charge in [0.15, 0.2) is 0 Å². The zero-order valence-corrected chi connectivity index (χ0v) is 20.7. The van der Waals surface area contributed by atoms with Crippen molar-refractivity contribution in [3.63, 3.8) is 0 Å². The number of urea groups is 1. The minimum absolute atomic E-state index is 0.260. The van der Waals surface area contributed by atoms with Crippen LogP contribution in [0, 0.1) is 0 Å². The Bertz CT molecular complexity index is 1110. The lowest BCUT2D eigenvalue weighted by Crippen LogP contribution is -2.52. The molecule has 1 spiro atoms. The number of nitrogens with one attached hydrogen (secondary N) is 2. The van der Waals surface area contributed by atoms with Gasteiger partial charge in [0, 0.05) is 19.2 Å². The van der Waals surface area contributed by atoms with Crippen molar-refractivity contribution in [2.75, 3.05) is 25.6 Å². The number of carbonyl (C=O) groups excluding carboxylic acids is 4. The molecule has 2 aromatic rings. The van der Waals surface area contributed by atoms with Gasteiger partial charge in [-0.1, -0.05) is 49.6 Å². The van der Waals surface area contributed by atoms with Crippen LogP contribution >= 0.6 is 0 Å². The summed E-state index contributed by atoms with van der Waals surface area (Å²) in [6.07, 6.45) is 4.16. The number of ether oxygens (including phenoxy) is 1. The van der Waals surface area contributed by atoms with Crippen molar-refractivity contribution in [2.24, 2.45) is 0 Å². The average Bonchev–Trinajstić information content (AvgIpc) is 3.12. The van der Waals surface area contributed by atoms with Crippen molar-refractivity contribution < 1.29 is 23.9 Å². The van der Waals surface area contributed by atoms with Crippen LogP contribution in [0.1, 0.15) is 37.7 Å². The quantitative estimate of drug-likeness (QED) is 0.551. The standard InChI is InChI=1S/C27H32N4O5/c1-30(20-11-13-21(36-2)14-12-20)24(33)22(17-19-9-5-3-6-10-19)28-23(32)18-31-25(34)27(29-26(31)35)15-7-4-8-16-27/h3,5-6,9-14,22H,4,7-8,15-18H2,1-2H3,(H,28,32)(H,29,35). The average molecular weight is 493 g/mol. The number of methoxy groups -OCH3 is 1. The summed E-state index contributed by atoms with van der Waals surface area (Å²) in [7, 11) is 3.20. The van der Waals surface area contributed by atoms with Crippen LogP contribution in [0.4, 0.5) is 10.5 Å². The van der Waals surface area contributed by atoms with Crippen molar-refractivity contribution in [3.8, 4) is 5.75 Å². The molecule has 1 saturated carbocycles. The topological polar surface area (TPSA) is 108 Å². The molecular formula is C27H32N4O5. The fraction of sp³-hybridized carbons (Fsp3) is 0.407. The molecule has 5 amide bonds. The summed E-state index contributed by atoms with van der Waals surface area (Å²) in [5, 5.41) is 5.58. The first-order valence-corrected chi connectivity index (χ1v) is 12.2. The van der Waals surface area contributed by atoms with E-state index < -0.39 is 30.1 Å². The van der Waals surface area contributed by atoms with E-state index in [9.17, 15) is 19.2 Å². The van der Waals surface area contributed by atoms with Gasteiger partial charge in [-0.2, -0.15) is 0 Å². The Morgan fingerprint density at radius 3 is 2.36 bits per heavy atom. The summed E-state index contributed by atoms with van der Waals surface area (Å²) < 4.78 is 5.19. The first-order valence-electron chi connectivity index (χ1n) is 12.2. The van der Waals surface area contributed by atoms with Crippen LogP contribution < -0.4 is 20.3 Å². The van der Waals surface area contributed by atoms with Crippen LogP contribution in [0.2, 0.25) is 0 Å². The molecule has 1 atom stereocenters. The largest absolute Gasteiger partial charge is 0.497 e. The van der Waals surface area contributed by atoms with Crippen molar-refractivity contribution in [1.29, 1.82) is 0 Å². The van der Waals surface area contributed by atoms with E-state index in [0.717, 1.165) is 29.7 Å². The fourth-order valence-electron chi connectivity index (χ4n) is 4.91. The van der Waals surface area contributed by atoms with Crippen LogP contribution in [0.25, 0.3) is 0 Å².